The molecule has 0 N–H and O–H groups in total. The zero-order chi connectivity index (χ0) is 9.68. The van der Waals surface area contributed by atoms with Crippen LogP contribution in [0.4, 0.5) is 0 Å². The van der Waals surface area contributed by atoms with E-state index < -0.39 is 0 Å². The summed E-state index contributed by atoms with van der Waals surface area (Å²) >= 11 is 0. The summed E-state index contributed by atoms with van der Waals surface area (Å²) in [5.41, 5.74) is 0. The van der Waals surface area contributed by atoms with E-state index in [2.05, 4.69) is 13.8 Å². The molecule has 0 aromatic carbocycles. The van der Waals surface area contributed by atoms with E-state index in [4.69, 9.17) is 0 Å². The van der Waals surface area contributed by atoms with Crippen molar-refractivity contribution in [3.8, 4) is 0 Å². The Balaban J connectivity index is 2.18. The second kappa shape index (κ2) is 5.41. The van der Waals surface area contributed by atoms with E-state index in [9.17, 15) is 4.79 Å². The minimum Gasteiger partial charge on any atom is -0.300 e. The van der Waals surface area contributed by atoms with Crippen LogP contribution in [0, 0.1) is 11.8 Å². The third-order valence-electron chi connectivity index (χ3n) is 2.88. The molecule has 1 heteroatoms. The van der Waals surface area contributed by atoms with Crippen LogP contribution in [0.5, 0.6) is 0 Å². The molecule has 1 nitrogen and oxygen atoms in total. The third kappa shape index (κ3) is 4.44. The first kappa shape index (κ1) is 10.7. The van der Waals surface area contributed by atoms with Crippen molar-refractivity contribution in [3.05, 3.63) is 0 Å². The highest BCUT2D eigenvalue weighted by Crippen LogP contribution is 2.27. The summed E-state index contributed by atoms with van der Waals surface area (Å²) < 4.78 is 0. The average Bonchev–Trinajstić information content (AvgIpc) is 2.04. The molecule has 1 aliphatic carbocycles. The molecule has 0 heterocycles. The summed E-state index contributed by atoms with van der Waals surface area (Å²) in [7, 11) is 0. The molecular weight excluding hydrogens is 160 g/mol. The first-order valence-corrected chi connectivity index (χ1v) is 5.70. The van der Waals surface area contributed by atoms with E-state index >= 15 is 0 Å². The lowest BCUT2D eigenvalue weighted by atomic mass is 9.85. The standard InChI is InChI=1S/C12H22O/c1-10(2)8-12(13)9-11-6-4-3-5-7-11/h10-11H,3-9H2,1-2H3. The van der Waals surface area contributed by atoms with Crippen molar-refractivity contribution in [3.63, 3.8) is 0 Å². The summed E-state index contributed by atoms with van der Waals surface area (Å²) in [5.74, 6) is 1.75. The Morgan fingerprint density at radius 2 is 1.85 bits per heavy atom. The fraction of sp³-hybridized carbons (Fsp3) is 0.917. The summed E-state index contributed by atoms with van der Waals surface area (Å²) in [4.78, 5) is 11.5. The van der Waals surface area contributed by atoms with Crippen molar-refractivity contribution in [2.45, 2.75) is 58.8 Å². The quantitative estimate of drug-likeness (QED) is 0.649. The number of ketones is 1. The van der Waals surface area contributed by atoms with Gasteiger partial charge in [0.2, 0.25) is 0 Å². The van der Waals surface area contributed by atoms with Gasteiger partial charge in [-0.1, -0.05) is 46.0 Å². The van der Waals surface area contributed by atoms with E-state index in [1.54, 1.807) is 0 Å². The van der Waals surface area contributed by atoms with Crippen LogP contribution in [0.3, 0.4) is 0 Å². The Kier molecular flexibility index (Phi) is 4.47. The predicted molar refractivity (Wildman–Crippen MR) is 55.7 cm³/mol. The van der Waals surface area contributed by atoms with Crippen LogP contribution in [-0.4, -0.2) is 5.78 Å². The van der Waals surface area contributed by atoms with E-state index in [-0.39, 0.29) is 0 Å². The summed E-state index contributed by atoms with van der Waals surface area (Å²) in [6.45, 7) is 4.25. The van der Waals surface area contributed by atoms with E-state index in [0.717, 1.165) is 18.8 Å². The lowest BCUT2D eigenvalue weighted by molar-refractivity contribution is -0.120. The largest absolute Gasteiger partial charge is 0.300 e. The Morgan fingerprint density at radius 3 is 2.38 bits per heavy atom. The number of hydrogen-bond donors (Lipinski definition) is 0. The molecule has 1 rings (SSSR count). The van der Waals surface area contributed by atoms with Crippen LogP contribution in [-0.2, 0) is 4.79 Å². The van der Waals surface area contributed by atoms with Gasteiger partial charge in [-0.2, -0.15) is 0 Å². The van der Waals surface area contributed by atoms with Gasteiger partial charge in [-0.15, -0.1) is 0 Å². The first-order chi connectivity index (χ1) is 6.18. The SMILES string of the molecule is CC(C)CC(=O)CC1CCCCC1. The molecule has 0 aliphatic heterocycles. The van der Waals surface area contributed by atoms with Crippen molar-refractivity contribution >= 4 is 5.78 Å². The summed E-state index contributed by atoms with van der Waals surface area (Å²) in [5, 5.41) is 0. The maximum absolute atomic E-state index is 11.5. The van der Waals surface area contributed by atoms with Crippen LogP contribution in [0.25, 0.3) is 0 Å². The Morgan fingerprint density at radius 1 is 1.23 bits per heavy atom. The topological polar surface area (TPSA) is 17.1 Å². The summed E-state index contributed by atoms with van der Waals surface area (Å²) in [6.07, 6.45) is 8.32. The minimum atomic E-state index is 0.488. The lowest BCUT2D eigenvalue weighted by Gasteiger charge is -2.20. The molecule has 0 bridgehead atoms. The maximum Gasteiger partial charge on any atom is 0.133 e. The van der Waals surface area contributed by atoms with Gasteiger partial charge in [0.15, 0.2) is 0 Å². The van der Waals surface area contributed by atoms with Gasteiger partial charge < -0.3 is 0 Å². The Labute approximate surface area is 81.9 Å². The lowest BCUT2D eigenvalue weighted by Crippen LogP contribution is -2.13. The molecule has 13 heavy (non-hydrogen) atoms. The molecule has 0 aromatic rings. The Hall–Kier alpha value is -0.330. The van der Waals surface area contributed by atoms with Crippen molar-refractivity contribution in [2.24, 2.45) is 11.8 Å². The molecule has 0 atom stereocenters. The van der Waals surface area contributed by atoms with Gasteiger partial charge in [0.1, 0.15) is 5.78 Å². The molecule has 1 fully saturated rings. The van der Waals surface area contributed by atoms with E-state index in [1.165, 1.54) is 32.1 Å². The van der Waals surface area contributed by atoms with Crippen molar-refractivity contribution in [2.75, 3.05) is 0 Å². The van der Waals surface area contributed by atoms with Gasteiger partial charge in [0, 0.05) is 12.8 Å². The fourth-order valence-electron chi connectivity index (χ4n) is 2.25. The number of carbonyl (C=O) groups excluding carboxylic acids is 1. The number of hydrogen-bond acceptors (Lipinski definition) is 1. The van der Waals surface area contributed by atoms with Crippen LogP contribution in [0.2, 0.25) is 0 Å². The van der Waals surface area contributed by atoms with Crippen LogP contribution < -0.4 is 0 Å². The number of rotatable bonds is 4. The second-order valence-corrected chi connectivity index (χ2v) is 4.84. The second-order valence-electron chi connectivity index (χ2n) is 4.84. The van der Waals surface area contributed by atoms with Crippen molar-refractivity contribution < 1.29 is 4.79 Å². The molecule has 0 aromatic heterocycles. The van der Waals surface area contributed by atoms with Gasteiger partial charge in [-0.05, 0) is 11.8 Å². The van der Waals surface area contributed by atoms with Crippen molar-refractivity contribution in [1.82, 2.24) is 0 Å². The third-order valence-corrected chi connectivity index (χ3v) is 2.88. The van der Waals surface area contributed by atoms with Gasteiger partial charge in [-0.25, -0.2) is 0 Å². The van der Waals surface area contributed by atoms with Crippen LogP contribution in [0.1, 0.15) is 58.8 Å². The highest BCUT2D eigenvalue weighted by Gasteiger charge is 2.17. The smallest absolute Gasteiger partial charge is 0.133 e. The average molecular weight is 182 g/mol. The number of Topliss-reactive ketones (excluding diaryl/α,β-unsaturated/α-hetero) is 1. The van der Waals surface area contributed by atoms with Crippen LogP contribution in [0.15, 0.2) is 0 Å². The van der Waals surface area contributed by atoms with E-state index in [0.29, 0.717) is 11.7 Å². The molecule has 0 saturated heterocycles. The fourth-order valence-corrected chi connectivity index (χ4v) is 2.25. The molecule has 76 valence electrons. The van der Waals surface area contributed by atoms with Crippen LogP contribution >= 0.6 is 0 Å². The molecule has 0 spiro atoms. The zero-order valence-corrected chi connectivity index (χ0v) is 9.01. The highest BCUT2D eigenvalue weighted by molar-refractivity contribution is 5.78. The number of carbonyl (C=O) groups is 1. The monoisotopic (exact) mass is 182 g/mol. The van der Waals surface area contributed by atoms with Gasteiger partial charge in [0.05, 0.1) is 0 Å². The minimum absolute atomic E-state index is 0.488. The maximum atomic E-state index is 11.5. The summed E-state index contributed by atoms with van der Waals surface area (Å²) in [6, 6.07) is 0. The van der Waals surface area contributed by atoms with Crippen molar-refractivity contribution in [1.29, 1.82) is 0 Å². The Bertz CT molecular complexity index is 155. The molecule has 1 aliphatic rings. The zero-order valence-electron chi connectivity index (χ0n) is 9.01. The van der Waals surface area contributed by atoms with Gasteiger partial charge in [-0.3, -0.25) is 4.79 Å². The van der Waals surface area contributed by atoms with Gasteiger partial charge >= 0.3 is 0 Å². The molecule has 0 radical (unpaired) electrons. The van der Waals surface area contributed by atoms with E-state index in [1.807, 2.05) is 0 Å². The molecule has 1 saturated carbocycles. The normalized spacial score (nSPS) is 19.3. The first-order valence-electron chi connectivity index (χ1n) is 5.70. The molecule has 0 amide bonds. The highest BCUT2D eigenvalue weighted by atomic mass is 16.1. The molecule has 0 unspecified atom stereocenters. The van der Waals surface area contributed by atoms with Gasteiger partial charge in [0.25, 0.3) is 0 Å². The molecular formula is C12H22O. The predicted octanol–water partition coefficient (Wildman–Crippen LogP) is 3.57.